The summed E-state index contributed by atoms with van der Waals surface area (Å²) in [7, 11) is 0. The average molecular weight is 367 g/mol. The van der Waals surface area contributed by atoms with Crippen molar-refractivity contribution in [2.75, 3.05) is 24.2 Å². The van der Waals surface area contributed by atoms with Gasteiger partial charge in [-0.1, -0.05) is 52.5 Å². The number of ether oxygens (including phenoxy) is 1. The molecular formula is C13H11Cl4N3O. The van der Waals surface area contributed by atoms with E-state index in [1.807, 2.05) is 12.1 Å². The third-order valence-corrected chi connectivity index (χ3v) is 4.00. The zero-order valence-corrected chi connectivity index (χ0v) is 13.7. The number of halogens is 4. The molecule has 8 heteroatoms. The lowest BCUT2D eigenvalue weighted by Crippen LogP contribution is -2.12. The van der Waals surface area contributed by atoms with E-state index in [9.17, 15) is 0 Å². The summed E-state index contributed by atoms with van der Waals surface area (Å²) >= 11 is 23.8. The quantitative estimate of drug-likeness (QED) is 0.454. The highest BCUT2D eigenvalue weighted by molar-refractivity contribution is 6.48. The smallest absolute Gasteiger partial charge is 0.151 e. The molecule has 2 aromatic rings. The van der Waals surface area contributed by atoms with Crippen LogP contribution in [0.5, 0.6) is 5.75 Å². The van der Waals surface area contributed by atoms with Gasteiger partial charge in [0.1, 0.15) is 22.4 Å². The first kappa shape index (κ1) is 16.3. The molecule has 0 unspecified atom stereocenters. The van der Waals surface area contributed by atoms with E-state index in [1.54, 1.807) is 12.1 Å². The topological polar surface area (TPSA) is 60.2 Å². The van der Waals surface area contributed by atoms with Crippen LogP contribution in [0.15, 0.2) is 24.3 Å². The molecule has 0 spiro atoms. The number of aromatic nitrogens is 1. The molecule has 0 aliphatic rings. The van der Waals surface area contributed by atoms with Gasteiger partial charge in [0.2, 0.25) is 0 Å². The Balaban J connectivity index is 1.95. The van der Waals surface area contributed by atoms with Crippen molar-refractivity contribution in [2.24, 2.45) is 0 Å². The number of hydrogen-bond acceptors (Lipinski definition) is 4. The van der Waals surface area contributed by atoms with Crippen LogP contribution >= 0.6 is 46.4 Å². The van der Waals surface area contributed by atoms with E-state index in [0.717, 1.165) is 0 Å². The molecule has 0 atom stereocenters. The molecule has 112 valence electrons. The second kappa shape index (κ2) is 7.27. The van der Waals surface area contributed by atoms with Gasteiger partial charge in [0.25, 0.3) is 0 Å². The van der Waals surface area contributed by atoms with Crippen molar-refractivity contribution < 1.29 is 4.74 Å². The number of hydrogen-bond donors (Lipinski definition) is 2. The maximum atomic E-state index is 6.03. The number of benzene rings is 1. The van der Waals surface area contributed by atoms with Crippen LogP contribution in [-0.4, -0.2) is 18.1 Å². The van der Waals surface area contributed by atoms with Gasteiger partial charge >= 0.3 is 0 Å². The predicted octanol–water partition coefficient (Wildman–Crippen LogP) is 4.77. The standard InChI is InChI=1S/C13H11Cl4N3O/c14-9-11(10(15)13(17)20-12(9)16)19-4-5-21-8-3-1-2-7(18)6-8/h1-3,6H,4-5,18H2,(H,19,20). The number of nitrogens with one attached hydrogen (secondary N) is 1. The van der Waals surface area contributed by atoms with Crippen LogP contribution in [0.2, 0.25) is 20.4 Å². The zero-order valence-electron chi connectivity index (χ0n) is 10.7. The minimum Gasteiger partial charge on any atom is -0.492 e. The molecule has 1 aromatic heterocycles. The summed E-state index contributed by atoms with van der Waals surface area (Å²) in [5, 5.41) is 3.63. The first-order valence-electron chi connectivity index (χ1n) is 5.91. The van der Waals surface area contributed by atoms with Gasteiger partial charge in [0, 0.05) is 18.3 Å². The SMILES string of the molecule is Nc1cccc(OCCNc2c(Cl)c(Cl)nc(Cl)c2Cl)c1. The lowest BCUT2D eigenvalue weighted by Gasteiger charge is -2.13. The molecule has 1 aromatic carbocycles. The zero-order chi connectivity index (χ0) is 15.4. The Labute approximate surface area is 142 Å². The van der Waals surface area contributed by atoms with Crippen molar-refractivity contribution in [2.45, 2.75) is 0 Å². The summed E-state index contributed by atoms with van der Waals surface area (Å²) in [6.45, 7) is 0.832. The van der Waals surface area contributed by atoms with E-state index < -0.39 is 0 Å². The molecule has 0 saturated heterocycles. The molecule has 4 nitrogen and oxygen atoms in total. The number of nitrogen functional groups attached to an aromatic ring is 1. The summed E-state index contributed by atoms with van der Waals surface area (Å²) in [4.78, 5) is 3.80. The van der Waals surface area contributed by atoms with E-state index in [0.29, 0.717) is 30.3 Å². The van der Waals surface area contributed by atoms with E-state index in [-0.39, 0.29) is 20.4 Å². The van der Waals surface area contributed by atoms with Crippen LogP contribution in [0.25, 0.3) is 0 Å². The monoisotopic (exact) mass is 365 g/mol. The average Bonchev–Trinajstić information content (AvgIpc) is 2.44. The second-order valence-corrected chi connectivity index (χ2v) is 5.52. The van der Waals surface area contributed by atoms with Crippen molar-refractivity contribution in [1.82, 2.24) is 4.98 Å². The lowest BCUT2D eigenvalue weighted by atomic mass is 10.3. The molecule has 3 N–H and O–H groups in total. The van der Waals surface area contributed by atoms with Crippen LogP contribution in [0, 0.1) is 0 Å². The molecule has 0 aliphatic carbocycles. The number of anilines is 2. The van der Waals surface area contributed by atoms with Crippen molar-refractivity contribution in [3.63, 3.8) is 0 Å². The van der Waals surface area contributed by atoms with Gasteiger partial charge in [-0.05, 0) is 12.1 Å². The van der Waals surface area contributed by atoms with Gasteiger partial charge in [-0.3, -0.25) is 0 Å². The van der Waals surface area contributed by atoms with Crippen LogP contribution in [-0.2, 0) is 0 Å². The van der Waals surface area contributed by atoms with Crippen LogP contribution in [0.3, 0.4) is 0 Å². The van der Waals surface area contributed by atoms with Crippen LogP contribution in [0.1, 0.15) is 0 Å². The molecule has 0 radical (unpaired) electrons. The summed E-state index contributed by atoms with van der Waals surface area (Å²) in [5.41, 5.74) is 6.73. The fraction of sp³-hybridized carbons (Fsp3) is 0.154. The third-order valence-electron chi connectivity index (χ3n) is 2.53. The summed E-state index contributed by atoms with van der Waals surface area (Å²) in [5.74, 6) is 0.680. The summed E-state index contributed by atoms with van der Waals surface area (Å²) < 4.78 is 5.54. The van der Waals surface area contributed by atoms with Gasteiger partial charge < -0.3 is 15.8 Å². The Morgan fingerprint density at radius 3 is 2.38 bits per heavy atom. The Morgan fingerprint density at radius 1 is 1.10 bits per heavy atom. The molecule has 0 amide bonds. The molecule has 1 heterocycles. The van der Waals surface area contributed by atoms with Gasteiger partial charge in [-0.2, -0.15) is 0 Å². The van der Waals surface area contributed by atoms with E-state index in [1.165, 1.54) is 0 Å². The normalized spacial score (nSPS) is 10.5. The van der Waals surface area contributed by atoms with Crippen molar-refractivity contribution >= 4 is 57.8 Å². The number of pyridine rings is 1. The molecule has 21 heavy (non-hydrogen) atoms. The van der Waals surface area contributed by atoms with Gasteiger partial charge in [0.05, 0.1) is 5.69 Å². The largest absolute Gasteiger partial charge is 0.492 e. The number of nitrogens with zero attached hydrogens (tertiary/aromatic N) is 1. The summed E-state index contributed by atoms with van der Waals surface area (Å²) in [6, 6.07) is 7.15. The second-order valence-electron chi connectivity index (χ2n) is 4.04. The highest BCUT2D eigenvalue weighted by Crippen LogP contribution is 2.38. The Kier molecular flexibility index (Phi) is 5.65. The van der Waals surface area contributed by atoms with Crippen molar-refractivity contribution in [1.29, 1.82) is 0 Å². The predicted molar refractivity (Wildman–Crippen MR) is 89.1 cm³/mol. The Hall–Kier alpha value is -1.07. The van der Waals surface area contributed by atoms with Crippen molar-refractivity contribution in [3.8, 4) is 5.75 Å². The maximum absolute atomic E-state index is 6.03. The van der Waals surface area contributed by atoms with Gasteiger partial charge in [0.15, 0.2) is 10.3 Å². The van der Waals surface area contributed by atoms with Gasteiger partial charge in [-0.15, -0.1) is 0 Å². The lowest BCUT2D eigenvalue weighted by molar-refractivity contribution is 0.333. The van der Waals surface area contributed by atoms with E-state index in [4.69, 9.17) is 56.9 Å². The fourth-order valence-electron chi connectivity index (χ4n) is 1.59. The number of rotatable bonds is 5. The third kappa shape index (κ3) is 4.20. The number of nitrogens with two attached hydrogens (primary N) is 1. The molecule has 0 aliphatic heterocycles. The molecule has 0 bridgehead atoms. The Bertz CT molecular complexity index is 625. The van der Waals surface area contributed by atoms with Crippen LogP contribution in [0.4, 0.5) is 11.4 Å². The molecule has 0 fully saturated rings. The van der Waals surface area contributed by atoms with Crippen LogP contribution < -0.4 is 15.8 Å². The summed E-state index contributed by atoms with van der Waals surface area (Å²) in [6.07, 6.45) is 0. The Morgan fingerprint density at radius 2 is 1.76 bits per heavy atom. The fourth-order valence-corrected chi connectivity index (χ4v) is 2.45. The first-order chi connectivity index (χ1) is 9.99. The van der Waals surface area contributed by atoms with Crippen molar-refractivity contribution in [3.05, 3.63) is 44.6 Å². The highest BCUT2D eigenvalue weighted by atomic mass is 35.5. The first-order valence-corrected chi connectivity index (χ1v) is 7.42. The van der Waals surface area contributed by atoms with E-state index in [2.05, 4.69) is 10.3 Å². The molecular weight excluding hydrogens is 356 g/mol. The highest BCUT2D eigenvalue weighted by Gasteiger charge is 2.14. The van der Waals surface area contributed by atoms with E-state index >= 15 is 0 Å². The van der Waals surface area contributed by atoms with Gasteiger partial charge in [-0.25, -0.2) is 4.98 Å². The molecule has 2 rings (SSSR count). The minimum atomic E-state index is 0.0883. The maximum Gasteiger partial charge on any atom is 0.151 e. The molecule has 0 saturated carbocycles. The minimum absolute atomic E-state index is 0.0883.